The Morgan fingerprint density at radius 1 is 0.629 bits per heavy atom. The van der Waals surface area contributed by atoms with E-state index in [2.05, 4.69) is 120 Å². The molecule has 0 bridgehead atoms. The summed E-state index contributed by atoms with van der Waals surface area (Å²) in [6.07, 6.45) is 3.86. The first-order valence-electron chi connectivity index (χ1n) is 13.6. The second-order valence-electron chi connectivity index (χ2n) is 13.2. The molecule has 0 radical (unpaired) electrons. The largest absolute Gasteiger partial charge is 0.316 e. The van der Waals surface area contributed by atoms with Crippen molar-refractivity contribution >= 4 is 0 Å². The van der Waals surface area contributed by atoms with Crippen LogP contribution < -0.4 is 0 Å². The quantitative estimate of drug-likeness (QED) is 0.318. The third-order valence-electron chi connectivity index (χ3n) is 7.93. The lowest BCUT2D eigenvalue weighted by Gasteiger charge is -2.45. The third kappa shape index (κ3) is 6.85. The zero-order chi connectivity index (χ0) is 25.1. The molecule has 0 aliphatic carbocycles. The lowest BCUT2D eigenvalue weighted by molar-refractivity contribution is -0.961. The number of likely N-dealkylation sites (tertiary alicyclic amines) is 1. The molecule has 1 fully saturated rings. The van der Waals surface area contributed by atoms with Gasteiger partial charge >= 0.3 is 0 Å². The highest BCUT2D eigenvalue weighted by molar-refractivity contribution is 5.28. The van der Waals surface area contributed by atoms with Crippen molar-refractivity contribution in [2.24, 2.45) is 5.92 Å². The Hall–Kier alpha value is -2.38. The molecular weight excluding hydrogens is 422 g/mol. The van der Waals surface area contributed by atoms with Gasteiger partial charge in [-0.3, -0.25) is 0 Å². The highest BCUT2D eigenvalue weighted by Gasteiger charge is 2.35. The van der Waals surface area contributed by atoms with Crippen LogP contribution in [-0.4, -0.2) is 17.6 Å². The molecule has 0 spiro atoms. The first kappa shape index (κ1) is 25.7. The van der Waals surface area contributed by atoms with Crippen LogP contribution in [0.1, 0.15) is 82.2 Å². The number of quaternary nitrogens is 1. The Morgan fingerprint density at radius 2 is 1.11 bits per heavy atom. The molecule has 0 N–H and O–H groups in total. The number of rotatable bonds is 6. The normalized spacial score (nSPS) is 21.1. The lowest BCUT2D eigenvalue weighted by Crippen LogP contribution is -2.53. The SMILES string of the molecule is CC(C)(C)c1ccc(C[C@@H]2CCC[N+](Cc3ccccc3)(Cc3ccc(C(C)(C)C)cc3)C2)cc1. The predicted octanol–water partition coefficient (Wildman–Crippen LogP) is 8.45. The van der Waals surface area contributed by atoms with Gasteiger partial charge in [-0.25, -0.2) is 0 Å². The van der Waals surface area contributed by atoms with Gasteiger partial charge in [0.15, 0.2) is 0 Å². The Bertz CT molecular complexity index is 1060. The monoisotopic (exact) mass is 468 g/mol. The van der Waals surface area contributed by atoms with Gasteiger partial charge < -0.3 is 4.48 Å². The average Bonchev–Trinajstić information content (AvgIpc) is 2.79. The van der Waals surface area contributed by atoms with E-state index in [1.807, 2.05) is 0 Å². The second kappa shape index (κ2) is 10.3. The van der Waals surface area contributed by atoms with Crippen molar-refractivity contribution in [1.82, 2.24) is 0 Å². The van der Waals surface area contributed by atoms with Gasteiger partial charge in [0.2, 0.25) is 0 Å². The molecule has 1 nitrogen and oxygen atoms in total. The van der Waals surface area contributed by atoms with E-state index in [9.17, 15) is 0 Å². The molecule has 0 amide bonds. The number of nitrogens with zero attached hydrogens (tertiary/aromatic N) is 1. The molecule has 1 heteroatoms. The maximum atomic E-state index is 2.39. The van der Waals surface area contributed by atoms with Crippen LogP contribution in [0.4, 0.5) is 0 Å². The highest BCUT2D eigenvalue weighted by Crippen LogP contribution is 2.32. The molecule has 2 atom stereocenters. The molecule has 0 saturated carbocycles. The van der Waals surface area contributed by atoms with Crippen molar-refractivity contribution in [2.45, 2.75) is 84.7 Å². The topological polar surface area (TPSA) is 0 Å². The first-order valence-corrected chi connectivity index (χ1v) is 13.6. The van der Waals surface area contributed by atoms with Crippen molar-refractivity contribution in [3.63, 3.8) is 0 Å². The molecule has 1 aliphatic heterocycles. The van der Waals surface area contributed by atoms with Crippen LogP contribution in [0.15, 0.2) is 78.9 Å². The van der Waals surface area contributed by atoms with Crippen LogP contribution in [0.5, 0.6) is 0 Å². The minimum atomic E-state index is 0.202. The summed E-state index contributed by atoms with van der Waals surface area (Å²) in [5, 5.41) is 0. The number of hydrogen-bond donors (Lipinski definition) is 0. The van der Waals surface area contributed by atoms with Crippen molar-refractivity contribution < 1.29 is 4.48 Å². The fraction of sp³-hybridized carbons (Fsp3) is 0.471. The zero-order valence-corrected chi connectivity index (χ0v) is 23.0. The summed E-state index contributed by atoms with van der Waals surface area (Å²) in [6, 6.07) is 30.1. The lowest BCUT2D eigenvalue weighted by atomic mass is 9.84. The molecule has 1 unspecified atom stereocenters. The molecule has 35 heavy (non-hydrogen) atoms. The molecule has 3 aromatic rings. The molecule has 1 saturated heterocycles. The summed E-state index contributed by atoms with van der Waals surface area (Å²) in [5.41, 5.74) is 7.71. The second-order valence-corrected chi connectivity index (χ2v) is 13.2. The summed E-state index contributed by atoms with van der Waals surface area (Å²) in [6.45, 7) is 18.6. The summed E-state index contributed by atoms with van der Waals surface area (Å²) >= 11 is 0. The zero-order valence-electron chi connectivity index (χ0n) is 23.0. The summed E-state index contributed by atoms with van der Waals surface area (Å²) in [4.78, 5) is 0. The van der Waals surface area contributed by atoms with E-state index in [1.54, 1.807) is 0 Å². The van der Waals surface area contributed by atoms with Gasteiger partial charge in [0.05, 0.1) is 13.1 Å². The van der Waals surface area contributed by atoms with E-state index in [-0.39, 0.29) is 10.8 Å². The minimum absolute atomic E-state index is 0.202. The van der Waals surface area contributed by atoms with E-state index in [1.165, 1.54) is 64.7 Å². The van der Waals surface area contributed by atoms with Crippen LogP contribution in [-0.2, 0) is 30.3 Å². The maximum absolute atomic E-state index is 2.39. The van der Waals surface area contributed by atoms with Gasteiger partial charge in [-0.05, 0) is 46.8 Å². The Morgan fingerprint density at radius 3 is 1.63 bits per heavy atom. The van der Waals surface area contributed by atoms with Crippen LogP contribution >= 0.6 is 0 Å². The van der Waals surface area contributed by atoms with Gasteiger partial charge in [-0.2, -0.15) is 0 Å². The van der Waals surface area contributed by atoms with Crippen molar-refractivity contribution in [3.05, 3.63) is 107 Å². The molecule has 1 aliphatic rings. The summed E-state index contributed by atoms with van der Waals surface area (Å²) < 4.78 is 1.17. The van der Waals surface area contributed by atoms with Gasteiger partial charge in [-0.1, -0.05) is 120 Å². The summed E-state index contributed by atoms with van der Waals surface area (Å²) in [7, 11) is 0. The van der Waals surface area contributed by atoms with Gasteiger partial charge in [0.1, 0.15) is 13.1 Å². The van der Waals surface area contributed by atoms with E-state index in [4.69, 9.17) is 0 Å². The Kier molecular flexibility index (Phi) is 7.57. The van der Waals surface area contributed by atoms with Crippen LogP contribution in [0, 0.1) is 5.92 Å². The summed E-state index contributed by atoms with van der Waals surface area (Å²) in [5.74, 6) is 0.738. The Balaban J connectivity index is 1.54. The number of piperidine rings is 1. The number of benzene rings is 3. The maximum Gasteiger partial charge on any atom is 0.105 e. The predicted molar refractivity (Wildman–Crippen MR) is 151 cm³/mol. The Labute approximate surface area is 214 Å². The first-order chi connectivity index (χ1) is 16.5. The van der Waals surface area contributed by atoms with Crippen molar-refractivity contribution in [1.29, 1.82) is 0 Å². The van der Waals surface area contributed by atoms with E-state index >= 15 is 0 Å². The molecule has 186 valence electrons. The average molecular weight is 469 g/mol. The van der Waals surface area contributed by atoms with E-state index < -0.39 is 0 Å². The van der Waals surface area contributed by atoms with Gasteiger partial charge in [0, 0.05) is 17.0 Å². The smallest absolute Gasteiger partial charge is 0.105 e. The van der Waals surface area contributed by atoms with Crippen molar-refractivity contribution in [2.75, 3.05) is 13.1 Å². The van der Waals surface area contributed by atoms with E-state index in [0.717, 1.165) is 19.0 Å². The van der Waals surface area contributed by atoms with E-state index in [0.29, 0.717) is 0 Å². The van der Waals surface area contributed by atoms with Crippen molar-refractivity contribution in [3.8, 4) is 0 Å². The minimum Gasteiger partial charge on any atom is -0.316 e. The van der Waals surface area contributed by atoms with Gasteiger partial charge in [-0.15, -0.1) is 0 Å². The fourth-order valence-electron chi connectivity index (χ4n) is 5.90. The van der Waals surface area contributed by atoms with Crippen LogP contribution in [0.25, 0.3) is 0 Å². The molecule has 1 heterocycles. The van der Waals surface area contributed by atoms with Crippen LogP contribution in [0.2, 0.25) is 0 Å². The fourth-order valence-corrected chi connectivity index (χ4v) is 5.90. The highest BCUT2D eigenvalue weighted by atomic mass is 15.4. The van der Waals surface area contributed by atoms with Gasteiger partial charge in [0.25, 0.3) is 0 Å². The molecular formula is C34H46N+. The molecule has 0 aromatic heterocycles. The molecule has 3 aromatic carbocycles. The molecule has 4 rings (SSSR count). The number of hydrogen-bond acceptors (Lipinski definition) is 0. The van der Waals surface area contributed by atoms with Crippen LogP contribution in [0.3, 0.4) is 0 Å². The standard InChI is InChI=1S/C34H46N/c1-33(2,3)31-18-14-27(15-19-31)23-30-13-10-22-35(26-30,24-28-11-8-7-9-12-28)25-29-16-20-32(21-17-29)34(4,5)6/h7-9,11-12,14-21,30H,10,13,22-26H2,1-6H3/q+1/t30-,35?/m0/s1. The third-order valence-corrected chi connectivity index (χ3v) is 7.93.